The highest BCUT2D eigenvalue weighted by Gasteiger charge is 2.45. The van der Waals surface area contributed by atoms with Crippen molar-refractivity contribution in [2.75, 3.05) is 20.3 Å². The molecule has 1 amide bonds. The van der Waals surface area contributed by atoms with Crippen LogP contribution in [-0.4, -0.2) is 47.1 Å². The van der Waals surface area contributed by atoms with E-state index in [2.05, 4.69) is 0 Å². The molecule has 2 rings (SSSR count). The first-order valence-corrected chi connectivity index (χ1v) is 7.75. The van der Waals surface area contributed by atoms with Crippen LogP contribution in [0.2, 0.25) is 0 Å². The molecule has 0 saturated heterocycles. The number of Topliss-reactive ketones (excluding diaryl/α,β-unsaturated/α-hetero) is 1. The number of benzene rings is 1. The highest BCUT2D eigenvalue weighted by atomic mass is 16.5. The summed E-state index contributed by atoms with van der Waals surface area (Å²) in [5.74, 6) is -1.41. The van der Waals surface area contributed by atoms with E-state index >= 15 is 0 Å². The Balaban J connectivity index is 2.56. The Labute approximate surface area is 141 Å². The Kier molecular flexibility index (Phi) is 4.99. The standard InChI is InChI=1S/C18H23NO5/c1-18(2,3)16(22)13-14(11-6-5-7-12(20)10-11)19(8-9-24-4)17(23)15(13)21/h5-7,10,14,20-21H,8-9H2,1-4H3. The van der Waals surface area contributed by atoms with Crippen molar-refractivity contribution in [1.29, 1.82) is 0 Å². The quantitative estimate of drug-likeness (QED) is 0.864. The van der Waals surface area contributed by atoms with E-state index in [1.54, 1.807) is 32.9 Å². The number of amides is 1. The first-order chi connectivity index (χ1) is 11.2. The fourth-order valence-electron chi connectivity index (χ4n) is 2.75. The van der Waals surface area contributed by atoms with Gasteiger partial charge < -0.3 is 19.8 Å². The molecule has 0 radical (unpaired) electrons. The van der Waals surface area contributed by atoms with Gasteiger partial charge in [0.25, 0.3) is 5.91 Å². The third kappa shape index (κ3) is 3.28. The molecule has 1 heterocycles. The number of phenols is 1. The number of phenolic OH excluding ortho intramolecular Hbond substituents is 1. The highest BCUT2D eigenvalue weighted by Crippen LogP contribution is 2.41. The van der Waals surface area contributed by atoms with E-state index in [-0.39, 0.29) is 30.3 Å². The van der Waals surface area contributed by atoms with E-state index in [1.165, 1.54) is 24.1 Å². The van der Waals surface area contributed by atoms with Crippen molar-refractivity contribution in [3.8, 4) is 5.75 Å². The van der Waals surface area contributed by atoms with E-state index in [9.17, 15) is 19.8 Å². The molecule has 1 unspecified atom stereocenters. The fourth-order valence-corrected chi connectivity index (χ4v) is 2.75. The molecule has 1 aromatic carbocycles. The number of hydrogen-bond acceptors (Lipinski definition) is 5. The summed E-state index contributed by atoms with van der Waals surface area (Å²) in [6.45, 7) is 5.69. The number of ketones is 1. The number of carbonyl (C=O) groups is 2. The van der Waals surface area contributed by atoms with E-state index in [4.69, 9.17) is 4.74 Å². The second kappa shape index (κ2) is 6.65. The van der Waals surface area contributed by atoms with Crippen LogP contribution in [0.4, 0.5) is 0 Å². The van der Waals surface area contributed by atoms with Crippen LogP contribution < -0.4 is 0 Å². The van der Waals surface area contributed by atoms with Gasteiger partial charge in [0.1, 0.15) is 5.75 Å². The normalized spacial score (nSPS) is 18.4. The molecule has 1 aliphatic rings. The van der Waals surface area contributed by atoms with Crippen LogP contribution in [0.3, 0.4) is 0 Å². The molecule has 0 aromatic heterocycles. The Morgan fingerprint density at radius 3 is 2.50 bits per heavy atom. The first-order valence-electron chi connectivity index (χ1n) is 7.75. The molecule has 2 N–H and O–H groups in total. The predicted molar refractivity (Wildman–Crippen MR) is 88.6 cm³/mol. The van der Waals surface area contributed by atoms with Gasteiger partial charge in [-0.15, -0.1) is 0 Å². The first kappa shape index (κ1) is 18.0. The lowest BCUT2D eigenvalue weighted by Gasteiger charge is -2.28. The van der Waals surface area contributed by atoms with Crippen LogP contribution >= 0.6 is 0 Å². The van der Waals surface area contributed by atoms with Gasteiger partial charge in [-0.3, -0.25) is 9.59 Å². The summed E-state index contributed by atoms with van der Waals surface area (Å²) in [5.41, 5.74) is -0.124. The Bertz CT molecular complexity index is 687. The Morgan fingerprint density at radius 1 is 1.29 bits per heavy atom. The molecule has 130 valence electrons. The molecule has 6 nitrogen and oxygen atoms in total. The number of aliphatic hydroxyl groups excluding tert-OH is 1. The molecule has 0 aliphatic carbocycles. The summed E-state index contributed by atoms with van der Waals surface area (Å²) in [4.78, 5) is 26.7. The molecule has 1 aromatic rings. The molecule has 0 bridgehead atoms. The molecule has 0 fully saturated rings. The van der Waals surface area contributed by atoms with Crippen LogP contribution in [0, 0.1) is 5.41 Å². The van der Waals surface area contributed by atoms with Gasteiger partial charge in [-0.05, 0) is 17.7 Å². The van der Waals surface area contributed by atoms with Crippen molar-refractivity contribution in [2.45, 2.75) is 26.8 Å². The lowest BCUT2D eigenvalue weighted by molar-refractivity contribution is -0.130. The Morgan fingerprint density at radius 2 is 1.96 bits per heavy atom. The number of nitrogens with zero attached hydrogens (tertiary/aromatic N) is 1. The minimum atomic E-state index is -0.754. The zero-order valence-corrected chi connectivity index (χ0v) is 14.4. The van der Waals surface area contributed by atoms with E-state index in [0.29, 0.717) is 5.56 Å². The number of methoxy groups -OCH3 is 1. The van der Waals surface area contributed by atoms with Crippen LogP contribution in [0.1, 0.15) is 32.4 Å². The Hall–Kier alpha value is -2.34. The van der Waals surface area contributed by atoms with E-state index in [1.807, 2.05) is 0 Å². The second-order valence-corrected chi connectivity index (χ2v) is 6.83. The van der Waals surface area contributed by atoms with E-state index < -0.39 is 23.1 Å². The molecule has 1 atom stereocenters. The number of carbonyl (C=O) groups excluding carboxylic acids is 2. The lowest BCUT2D eigenvalue weighted by Crippen LogP contribution is -2.35. The van der Waals surface area contributed by atoms with E-state index in [0.717, 1.165) is 0 Å². The summed E-state index contributed by atoms with van der Waals surface area (Å²) in [5, 5.41) is 20.1. The van der Waals surface area contributed by atoms with Gasteiger partial charge in [0.2, 0.25) is 0 Å². The predicted octanol–water partition coefficient (Wildman–Crippen LogP) is 2.35. The van der Waals surface area contributed by atoms with Crippen molar-refractivity contribution in [3.05, 3.63) is 41.2 Å². The van der Waals surface area contributed by atoms with Gasteiger partial charge in [0, 0.05) is 19.1 Å². The number of rotatable bonds is 5. The minimum absolute atomic E-state index is 0.0283. The molecule has 24 heavy (non-hydrogen) atoms. The topological polar surface area (TPSA) is 87.1 Å². The van der Waals surface area contributed by atoms with Gasteiger partial charge in [0.15, 0.2) is 11.5 Å². The number of hydrogen-bond donors (Lipinski definition) is 2. The molecular weight excluding hydrogens is 310 g/mol. The maximum atomic E-state index is 12.8. The van der Waals surface area contributed by atoms with Crippen LogP contribution in [0.25, 0.3) is 0 Å². The smallest absolute Gasteiger partial charge is 0.290 e. The summed E-state index contributed by atoms with van der Waals surface area (Å²) in [7, 11) is 1.51. The zero-order chi connectivity index (χ0) is 18.1. The van der Waals surface area contributed by atoms with Crippen molar-refractivity contribution in [1.82, 2.24) is 4.90 Å². The molecule has 6 heteroatoms. The van der Waals surface area contributed by atoms with Crippen LogP contribution in [0.15, 0.2) is 35.6 Å². The fraction of sp³-hybridized carbons (Fsp3) is 0.444. The van der Waals surface area contributed by atoms with Crippen molar-refractivity contribution in [2.24, 2.45) is 5.41 Å². The maximum absolute atomic E-state index is 12.8. The summed E-state index contributed by atoms with van der Waals surface area (Å²) >= 11 is 0. The molecule has 0 saturated carbocycles. The molecule has 1 aliphatic heterocycles. The van der Waals surface area contributed by atoms with Crippen LogP contribution in [0.5, 0.6) is 5.75 Å². The average Bonchev–Trinajstić information content (AvgIpc) is 2.75. The van der Waals surface area contributed by atoms with Gasteiger partial charge in [-0.2, -0.15) is 0 Å². The average molecular weight is 333 g/mol. The largest absolute Gasteiger partial charge is 0.508 e. The lowest BCUT2D eigenvalue weighted by atomic mass is 9.82. The minimum Gasteiger partial charge on any atom is -0.508 e. The second-order valence-electron chi connectivity index (χ2n) is 6.83. The third-order valence-corrected chi connectivity index (χ3v) is 3.95. The highest BCUT2D eigenvalue weighted by molar-refractivity contribution is 6.10. The van der Waals surface area contributed by atoms with Gasteiger partial charge >= 0.3 is 0 Å². The summed E-state index contributed by atoms with van der Waals surface area (Å²) < 4.78 is 5.03. The number of aromatic hydroxyl groups is 1. The number of aliphatic hydroxyl groups is 1. The van der Waals surface area contributed by atoms with Crippen molar-refractivity contribution < 1.29 is 24.5 Å². The summed E-state index contributed by atoms with van der Waals surface area (Å²) in [6, 6.07) is 5.61. The van der Waals surface area contributed by atoms with Gasteiger partial charge in [-0.1, -0.05) is 32.9 Å². The van der Waals surface area contributed by atoms with Gasteiger partial charge in [0.05, 0.1) is 18.2 Å². The zero-order valence-electron chi connectivity index (χ0n) is 14.4. The van der Waals surface area contributed by atoms with Crippen molar-refractivity contribution >= 4 is 11.7 Å². The van der Waals surface area contributed by atoms with Gasteiger partial charge in [-0.25, -0.2) is 0 Å². The SMILES string of the molecule is COCCN1C(=O)C(O)=C(C(=O)C(C)(C)C)C1c1cccc(O)c1. The number of ether oxygens (including phenoxy) is 1. The van der Waals surface area contributed by atoms with Crippen LogP contribution in [-0.2, 0) is 14.3 Å². The van der Waals surface area contributed by atoms with Crippen molar-refractivity contribution in [3.63, 3.8) is 0 Å². The molecule has 0 spiro atoms. The molecular formula is C18H23NO5. The third-order valence-electron chi connectivity index (χ3n) is 3.95. The maximum Gasteiger partial charge on any atom is 0.290 e. The summed E-state index contributed by atoms with van der Waals surface area (Å²) in [6.07, 6.45) is 0. The monoisotopic (exact) mass is 333 g/mol.